The van der Waals surface area contributed by atoms with Crippen molar-refractivity contribution in [2.45, 2.75) is 4.90 Å². The van der Waals surface area contributed by atoms with Crippen molar-refractivity contribution in [2.75, 3.05) is 7.11 Å². The number of nitrogens with zero attached hydrogens (tertiary/aromatic N) is 2. The number of methoxy groups -OCH3 is 1. The minimum Gasteiger partial charge on any atom is -0.594 e. The Morgan fingerprint density at radius 2 is 2.50 bits per heavy atom. The Kier molecular flexibility index (Phi) is 1.96. The molecule has 0 fully saturated rings. The van der Waals surface area contributed by atoms with Gasteiger partial charge in [-0.25, -0.2) is 0 Å². The van der Waals surface area contributed by atoms with Gasteiger partial charge in [0, 0.05) is 6.07 Å². The average molecular weight is 158 g/mol. The highest BCUT2D eigenvalue weighted by Crippen LogP contribution is 2.14. The van der Waals surface area contributed by atoms with Gasteiger partial charge in [-0.05, 0) is 0 Å². The standard InChI is InChI=1S/C5H6N2O2S/c1-9-5-4(10)2-3-7(8)6-5/h2-3,10H,1H3. The predicted octanol–water partition coefficient (Wildman–Crippen LogP) is 0.0123. The van der Waals surface area contributed by atoms with E-state index in [-0.39, 0.29) is 5.88 Å². The van der Waals surface area contributed by atoms with Crippen molar-refractivity contribution in [3.63, 3.8) is 0 Å². The molecule has 1 rings (SSSR count). The first-order valence-corrected chi connectivity index (χ1v) is 3.02. The minimum atomic E-state index is 0.237. The van der Waals surface area contributed by atoms with Crippen LogP contribution in [0, 0.1) is 5.21 Å². The van der Waals surface area contributed by atoms with Gasteiger partial charge >= 0.3 is 0 Å². The summed E-state index contributed by atoms with van der Waals surface area (Å²) >= 11 is 3.99. The van der Waals surface area contributed by atoms with Gasteiger partial charge in [0.25, 0.3) is 5.88 Å². The van der Waals surface area contributed by atoms with Crippen molar-refractivity contribution in [3.8, 4) is 5.88 Å². The van der Waals surface area contributed by atoms with Gasteiger partial charge in [0.05, 0.1) is 17.1 Å². The van der Waals surface area contributed by atoms with Crippen molar-refractivity contribution in [1.82, 2.24) is 5.10 Å². The van der Waals surface area contributed by atoms with Gasteiger partial charge in [0.1, 0.15) is 0 Å². The van der Waals surface area contributed by atoms with Crippen LogP contribution in [0.3, 0.4) is 0 Å². The Hall–Kier alpha value is -0.970. The van der Waals surface area contributed by atoms with Gasteiger partial charge in [0.15, 0.2) is 0 Å². The third-order valence-corrected chi connectivity index (χ3v) is 1.30. The van der Waals surface area contributed by atoms with Crippen molar-refractivity contribution in [2.24, 2.45) is 0 Å². The topological polar surface area (TPSA) is 49.1 Å². The summed E-state index contributed by atoms with van der Waals surface area (Å²) in [6, 6.07) is 1.52. The van der Waals surface area contributed by atoms with Gasteiger partial charge in [0.2, 0.25) is 6.20 Å². The number of hydrogen-bond acceptors (Lipinski definition) is 4. The molecule has 1 aromatic heterocycles. The SMILES string of the molecule is COc1n[n+]([O-])ccc1S. The molecule has 0 aliphatic carbocycles. The van der Waals surface area contributed by atoms with E-state index in [1.54, 1.807) is 0 Å². The highest BCUT2D eigenvalue weighted by molar-refractivity contribution is 7.80. The molecule has 5 heteroatoms. The number of aromatic nitrogens is 2. The molecular weight excluding hydrogens is 152 g/mol. The summed E-state index contributed by atoms with van der Waals surface area (Å²) in [7, 11) is 1.43. The van der Waals surface area contributed by atoms with Gasteiger partial charge < -0.3 is 9.94 Å². The maximum absolute atomic E-state index is 10.5. The quantitative estimate of drug-likeness (QED) is 0.356. The van der Waals surface area contributed by atoms with Gasteiger partial charge in [-0.1, -0.05) is 4.85 Å². The Morgan fingerprint density at radius 3 is 3.00 bits per heavy atom. The summed E-state index contributed by atoms with van der Waals surface area (Å²) in [4.78, 5) is 0.966. The molecule has 0 N–H and O–H groups in total. The molecule has 0 amide bonds. The van der Waals surface area contributed by atoms with Crippen LogP contribution in [0.25, 0.3) is 0 Å². The fourth-order valence-corrected chi connectivity index (χ4v) is 0.728. The molecule has 1 aromatic rings. The Labute approximate surface area is 63.4 Å². The minimum absolute atomic E-state index is 0.237. The summed E-state index contributed by atoms with van der Waals surface area (Å²) in [5.41, 5.74) is 0. The van der Waals surface area contributed by atoms with Crippen molar-refractivity contribution < 1.29 is 9.58 Å². The average Bonchev–Trinajstić information content (AvgIpc) is 1.94. The van der Waals surface area contributed by atoms with E-state index in [0.29, 0.717) is 9.74 Å². The molecule has 0 saturated carbocycles. The van der Waals surface area contributed by atoms with Crippen molar-refractivity contribution in [1.29, 1.82) is 0 Å². The third kappa shape index (κ3) is 1.30. The summed E-state index contributed by atoms with van der Waals surface area (Å²) < 4.78 is 4.72. The fourth-order valence-electron chi connectivity index (χ4n) is 0.525. The van der Waals surface area contributed by atoms with Crippen molar-refractivity contribution >= 4 is 12.6 Å². The first-order valence-electron chi connectivity index (χ1n) is 2.57. The van der Waals surface area contributed by atoms with E-state index >= 15 is 0 Å². The predicted molar refractivity (Wildman–Crippen MR) is 37.0 cm³/mol. The van der Waals surface area contributed by atoms with Crippen LogP contribution in [-0.4, -0.2) is 12.2 Å². The highest BCUT2D eigenvalue weighted by atomic mass is 32.1. The van der Waals surface area contributed by atoms with Crippen LogP contribution < -0.4 is 9.58 Å². The van der Waals surface area contributed by atoms with Gasteiger partial charge in [-0.3, -0.25) is 0 Å². The van der Waals surface area contributed by atoms with E-state index < -0.39 is 0 Å². The monoisotopic (exact) mass is 158 g/mol. The molecule has 54 valence electrons. The van der Waals surface area contributed by atoms with Crippen LogP contribution in [0.2, 0.25) is 0 Å². The zero-order valence-electron chi connectivity index (χ0n) is 5.31. The van der Waals surface area contributed by atoms with E-state index in [0.717, 1.165) is 0 Å². The van der Waals surface area contributed by atoms with E-state index in [2.05, 4.69) is 17.7 Å². The van der Waals surface area contributed by atoms with Crippen molar-refractivity contribution in [3.05, 3.63) is 17.5 Å². The summed E-state index contributed by atoms with van der Waals surface area (Å²) in [5.74, 6) is 0.237. The maximum Gasteiger partial charge on any atom is 0.293 e. The molecular formula is C5H6N2O2S. The summed E-state index contributed by atoms with van der Waals surface area (Å²) in [6.45, 7) is 0. The largest absolute Gasteiger partial charge is 0.594 e. The molecule has 0 radical (unpaired) electrons. The molecule has 0 unspecified atom stereocenters. The first-order chi connectivity index (χ1) is 4.74. The molecule has 4 nitrogen and oxygen atoms in total. The number of thiol groups is 1. The summed E-state index contributed by atoms with van der Waals surface area (Å²) in [6.07, 6.45) is 1.25. The van der Waals surface area contributed by atoms with Crippen LogP contribution in [0.15, 0.2) is 17.2 Å². The van der Waals surface area contributed by atoms with E-state index in [1.165, 1.54) is 19.4 Å². The van der Waals surface area contributed by atoms with E-state index in [4.69, 9.17) is 4.74 Å². The molecule has 0 saturated heterocycles. The van der Waals surface area contributed by atoms with Crippen LogP contribution in [0.1, 0.15) is 0 Å². The molecule has 1 heterocycles. The molecule has 0 aromatic carbocycles. The van der Waals surface area contributed by atoms with E-state index in [9.17, 15) is 5.21 Å². The molecule has 0 bridgehead atoms. The van der Waals surface area contributed by atoms with Crippen LogP contribution in [0.4, 0.5) is 0 Å². The fraction of sp³-hybridized carbons (Fsp3) is 0.200. The highest BCUT2D eigenvalue weighted by Gasteiger charge is 2.03. The summed E-state index contributed by atoms with van der Waals surface area (Å²) in [5, 5.41) is 13.9. The third-order valence-electron chi connectivity index (χ3n) is 0.962. The lowest BCUT2D eigenvalue weighted by atomic mass is 10.6. The van der Waals surface area contributed by atoms with Crippen LogP contribution in [0.5, 0.6) is 5.88 Å². The van der Waals surface area contributed by atoms with E-state index in [1.807, 2.05) is 0 Å². The lowest BCUT2D eigenvalue weighted by Gasteiger charge is -1.98. The zero-order valence-corrected chi connectivity index (χ0v) is 6.21. The van der Waals surface area contributed by atoms with Crippen LogP contribution in [-0.2, 0) is 0 Å². The normalized spacial score (nSPS) is 9.40. The Morgan fingerprint density at radius 1 is 1.80 bits per heavy atom. The number of hydrogen-bond donors (Lipinski definition) is 1. The smallest absolute Gasteiger partial charge is 0.293 e. The number of ether oxygens (including phenoxy) is 1. The maximum atomic E-state index is 10.5. The molecule has 10 heavy (non-hydrogen) atoms. The second-order valence-corrected chi connectivity index (χ2v) is 2.09. The number of rotatable bonds is 1. The Bertz CT molecular complexity index is 241. The molecule has 0 aliphatic rings. The molecule has 0 spiro atoms. The molecule has 0 atom stereocenters. The van der Waals surface area contributed by atoms with Gasteiger partial charge in [-0.2, -0.15) is 0 Å². The lowest BCUT2D eigenvalue weighted by Crippen LogP contribution is -2.30. The van der Waals surface area contributed by atoms with Gasteiger partial charge in [-0.15, -0.1) is 12.6 Å². The molecule has 0 aliphatic heterocycles. The second-order valence-electron chi connectivity index (χ2n) is 1.61. The zero-order chi connectivity index (χ0) is 7.56. The second kappa shape index (κ2) is 2.74. The first kappa shape index (κ1) is 7.14. The lowest BCUT2D eigenvalue weighted by molar-refractivity contribution is -0.670. The van der Waals surface area contributed by atoms with Crippen LogP contribution >= 0.6 is 12.6 Å². The Balaban J connectivity index is 3.09.